The summed E-state index contributed by atoms with van der Waals surface area (Å²) in [6.45, 7) is 3.28. The van der Waals surface area contributed by atoms with E-state index >= 15 is 0 Å². The van der Waals surface area contributed by atoms with Crippen molar-refractivity contribution in [1.29, 1.82) is 0 Å². The lowest BCUT2D eigenvalue weighted by atomic mass is 10.2. The highest BCUT2D eigenvalue weighted by Crippen LogP contribution is 2.16. The first kappa shape index (κ1) is 10.2. The van der Waals surface area contributed by atoms with Gasteiger partial charge in [-0.15, -0.1) is 0 Å². The molecule has 0 unspecified atom stereocenters. The van der Waals surface area contributed by atoms with Crippen LogP contribution in [-0.2, 0) is 6.42 Å². The van der Waals surface area contributed by atoms with Crippen LogP contribution >= 0.6 is 0 Å². The van der Waals surface area contributed by atoms with Crippen molar-refractivity contribution in [2.45, 2.75) is 19.8 Å². The number of rotatable bonds is 4. The fraction of sp³-hybridized carbons (Fsp3) is 0.385. The molecule has 2 aromatic heterocycles. The van der Waals surface area contributed by atoms with Gasteiger partial charge in [0.25, 0.3) is 0 Å². The van der Waals surface area contributed by atoms with Crippen LogP contribution in [0, 0.1) is 6.92 Å². The van der Waals surface area contributed by atoms with Gasteiger partial charge in [-0.25, -0.2) is 0 Å². The molecule has 0 atom stereocenters. The van der Waals surface area contributed by atoms with Crippen LogP contribution in [-0.4, -0.2) is 18.0 Å². The van der Waals surface area contributed by atoms with Crippen molar-refractivity contribution in [3.05, 3.63) is 41.7 Å². The molecule has 0 aliphatic heterocycles. The zero-order chi connectivity index (χ0) is 10.7. The lowest BCUT2D eigenvalue weighted by molar-refractivity contribution is 0.710. The predicted octanol–water partition coefficient (Wildman–Crippen LogP) is 2.40. The van der Waals surface area contributed by atoms with E-state index in [1.807, 2.05) is 7.05 Å². The molecule has 0 fully saturated rings. The Morgan fingerprint density at radius 1 is 1.33 bits per heavy atom. The van der Waals surface area contributed by atoms with Crippen molar-refractivity contribution < 1.29 is 0 Å². The summed E-state index contributed by atoms with van der Waals surface area (Å²) in [5.41, 5.74) is 4.15. The third kappa shape index (κ3) is 2.05. The molecule has 0 aromatic carbocycles. The number of aromatic nitrogens is 1. The monoisotopic (exact) mass is 202 g/mol. The number of nitrogens with zero attached hydrogens (tertiary/aromatic N) is 1. The van der Waals surface area contributed by atoms with E-state index in [0.717, 1.165) is 13.0 Å². The highest BCUT2D eigenvalue weighted by atomic mass is 14.9. The minimum Gasteiger partial charge on any atom is -0.321 e. The molecule has 2 rings (SSSR count). The van der Waals surface area contributed by atoms with E-state index in [1.54, 1.807) is 0 Å². The van der Waals surface area contributed by atoms with Crippen LogP contribution < -0.4 is 5.32 Å². The number of fused-ring (bicyclic) bond motifs is 1. The van der Waals surface area contributed by atoms with E-state index in [1.165, 1.54) is 23.2 Å². The van der Waals surface area contributed by atoms with E-state index in [2.05, 4.69) is 47.1 Å². The van der Waals surface area contributed by atoms with Crippen molar-refractivity contribution in [3.8, 4) is 0 Å². The van der Waals surface area contributed by atoms with E-state index in [0.29, 0.717) is 0 Å². The van der Waals surface area contributed by atoms with Gasteiger partial charge in [-0.3, -0.25) is 0 Å². The summed E-state index contributed by atoms with van der Waals surface area (Å²) in [7, 11) is 2.00. The first-order valence-corrected chi connectivity index (χ1v) is 5.53. The van der Waals surface area contributed by atoms with Crippen molar-refractivity contribution in [1.82, 2.24) is 9.72 Å². The smallest absolute Gasteiger partial charge is 0.0455 e. The topological polar surface area (TPSA) is 16.4 Å². The van der Waals surface area contributed by atoms with E-state index in [4.69, 9.17) is 0 Å². The average molecular weight is 202 g/mol. The fourth-order valence-electron chi connectivity index (χ4n) is 2.07. The SMILES string of the molecule is CNCCCc1c(C)cc2ccccn12. The Morgan fingerprint density at radius 2 is 2.20 bits per heavy atom. The molecule has 0 aliphatic rings. The number of hydrogen-bond donors (Lipinski definition) is 1. The lowest BCUT2D eigenvalue weighted by Gasteiger charge is -2.04. The van der Waals surface area contributed by atoms with Crippen LogP contribution in [0.5, 0.6) is 0 Å². The highest BCUT2D eigenvalue weighted by Gasteiger charge is 2.04. The molecule has 2 heteroatoms. The zero-order valence-corrected chi connectivity index (χ0v) is 9.46. The van der Waals surface area contributed by atoms with Crippen molar-refractivity contribution >= 4 is 5.52 Å². The largest absolute Gasteiger partial charge is 0.321 e. The molecular formula is C13H18N2. The summed E-state index contributed by atoms with van der Waals surface area (Å²) in [6, 6.07) is 8.60. The van der Waals surface area contributed by atoms with Gasteiger partial charge >= 0.3 is 0 Å². The molecule has 0 saturated carbocycles. The molecule has 0 saturated heterocycles. The van der Waals surface area contributed by atoms with Crippen LogP contribution in [0.2, 0.25) is 0 Å². The molecule has 2 aromatic rings. The Balaban J connectivity index is 2.28. The molecule has 2 heterocycles. The molecule has 1 N–H and O–H groups in total. The van der Waals surface area contributed by atoms with Crippen LogP contribution in [0.1, 0.15) is 17.7 Å². The van der Waals surface area contributed by atoms with Crippen molar-refractivity contribution in [2.24, 2.45) is 0 Å². The average Bonchev–Trinajstić information content (AvgIpc) is 2.56. The Bertz CT molecular complexity index is 443. The van der Waals surface area contributed by atoms with Crippen molar-refractivity contribution in [3.63, 3.8) is 0 Å². The van der Waals surface area contributed by atoms with Gasteiger partial charge in [-0.2, -0.15) is 0 Å². The minimum atomic E-state index is 1.08. The highest BCUT2D eigenvalue weighted by molar-refractivity contribution is 5.53. The van der Waals surface area contributed by atoms with Crippen molar-refractivity contribution in [2.75, 3.05) is 13.6 Å². The van der Waals surface area contributed by atoms with E-state index < -0.39 is 0 Å². The molecule has 15 heavy (non-hydrogen) atoms. The summed E-state index contributed by atoms with van der Waals surface area (Å²) < 4.78 is 2.30. The van der Waals surface area contributed by atoms with Gasteiger partial charge in [0.2, 0.25) is 0 Å². The Hall–Kier alpha value is -1.28. The van der Waals surface area contributed by atoms with Gasteiger partial charge in [0.1, 0.15) is 0 Å². The Kier molecular flexibility index (Phi) is 3.07. The van der Waals surface area contributed by atoms with Crippen LogP contribution in [0.15, 0.2) is 30.5 Å². The van der Waals surface area contributed by atoms with E-state index in [-0.39, 0.29) is 0 Å². The van der Waals surface area contributed by atoms with Gasteiger partial charge < -0.3 is 9.72 Å². The molecule has 0 amide bonds. The van der Waals surface area contributed by atoms with Gasteiger partial charge in [0.15, 0.2) is 0 Å². The molecule has 0 aliphatic carbocycles. The third-order valence-electron chi connectivity index (χ3n) is 2.84. The fourth-order valence-corrected chi connectivity index (χ4v) is 2.07. The number of nitrogens with one attached hydrogen (secondary N) is 1. The zero-order valence-electron chi connectivity index (χ0n) is 9.46. The van der Waals surface area contributed by atoms with Crippen LogP contribution in [0.4, 0.5) is 0 Å². The maximum absolute atomic E-state index is 3.19. The number of aryl methyl sites for hydroxylation is 2. The number of pyridine rings is 1. The summed E-state index contributed by atoms with van der Waals surface area (Å²) in [5, 5.41) is 3.19. The first-order chi connectivity index (χ1) is 7.33. The third-order valence-corrected chi connectivity index (χ3v) is 2.84. The first-order valence-electron chi connectivity index (χ1n) is 5.53. The van der Waals surface area contributed by atoms with Gasteiger partial charge in [-0.05, 0) is 57.1 Å². The Morgan fingerprint density at radius 3 is 3.00 bits per heavy atom. The second kappa shape index (κ2) is 4.49. The second-order valence-electron chi connectivity index (χ2n) is 3.98. The minimum absolute atomic E-state index is 1.08. The summed E-state index contributed by atoms with van der Waals surface area (Å²) >= 11 is 0. The molecule has 0 spiro atoms. The summed E-state index contributed by atoms with van der Waals surface area (Å²) in [5.74, 6) is 0. The maximum atomic E-state index is 3.19. The summed E-state index contributed by atoms with van der Waals surface area (Å²) in [6.07, 6.45) is 4.49. The maximum Gasteiger partial charge on any atom is 0.0455 e. The lowest BCUT2D eigenvalue weighted by Crippen LogP contribution is -2.09. The van der Waals surface area contributed by atoms with E-state index in [9.17, 15) is 0 Å². The normalized spacial score (nSPS) is 11.1. The Labute approximate surface area is 90.9 Å². The molecule has 0 radical (unpaired) electrons. The van der Waals surface area contributed by atoms with Crippen LogP contribution in [0.25, 0.3) is 5.52 Å². The molecule has 2 nitrogen and oxygen atoms in total. The van der Waals surface area contributed by atoms with Crippen LogP contribution in [0.3, 0.4) is 0 Å². The molecule has 0 bridgehead atoms. The molecule has 80 valence electrons. The van der Waals surface area contributed by atoms with Gasteiger partial charge in [-0.1, -0.05) is 6.07 Å². The summed E-state index contributed by atoms with van der Waals surface area (Å²) in [4.78, 5) is 0. The predicted molar refractivity (Wildman–Crippen MR) is 64.4 cm³/mol. The standard InChI is InChI=1S/C13H18N2/c1-11-10-12-6-3-4-9-15(12)13(11)7-5-8-14-2/h3-4,6,9-10,14H,5,7-8H2,1-2H3. The second-order valence-corrected chi connectivity index (χ2v) is 3.98. The van der Waals surface area contributed by atoms with Gasteiger partial charge in [0, 0.05) is 17.4 Å². The number of hydrogen-bond acceptors (Lipinski definition) is 1. The quantitative estimate of drug-likeness (QED) is 0.753. The van der Waals surface area contributed by atoms with Gasteiger partial charge in [0.05, 0.1) is 0 Å². The molecular weight excluding hydrogens is 184 g/mol.